The van der Waals surface area contributed by atoms with E-state index >= 15 is 0 Å². The van der Waals surface area contributed by atoms with Crippen molar-refractivity contribution in [1.29, 1.82) is 0 Å². The highest BCUT2D eigenvalue weighted by atomic mass is 16.7. The summed E-state index contributed by atoms with van der Waals surface area (Å²) < 4.78 is 14.9. The number of carboxylic acids is 1. The van der Waals surface area contributed by atoms with Crippen molar-refractivity contribution in [2.75, 3.05) is 6.61 Å². The number of aliphatic carboxylic acids is 1. The van der Waals surface area contributed by atoms with Crippen LogP contribution in [-0.4, -0.2) is 115 Å². The summed E-state index contributed by atoms with van der Waals surface area (Å²) in [4.78, 5) is 11.0. The van der Waals surface area contributed by atoms with Gasteiger partial charge in [0.05, 0.1) is 6.61 Å². The fraction of sp³-hybridized carbons (Fsp3) is 0.917. The van der Waals surface area contributed by atoms with Gasteiger partial charge in [-0.2, -0.15) is 0 Å². The van der Waals surface area contributed by atoms with E-state index in [1.807, 2.05) is 0 Å². The van der Waals surface area contributed by atoms with E-state index in [1.165, 1.54) is 0 Å². The molecule has 0 aliphatic carbocycles. The molecule has 12 nitrogen and oxygen atoms in total. The van der Waals surface area contributed by atoms with Gasteiger partial charge in [-0.15, -0.1) is 0 Å². The maximum absolute atomic E-state index is 11.0. The number of carbonyl (C=O) groups is 1. The van der Waals surface area contributed by atoms with Crippen molar-refractivity contribution in [2.24, 2.45) is 0 Å². The molecule has 2 fully saturated rings. The molecule has 2 saturated heterocycles. The van der Waals surface area contributed by atoms with Crippen molar-refractivity contribution in [3.8, 4) is 0 Å². The van der Waals surface area contributed by atoms with Crippen LogP contribution in [0, 0.1) is 0 Å². The van der Waals surface area contributed by atoms with Crippen molar-refractivity contribution in [3.63, 3.8) is 0 Å². The minimum atomic E-state index is -1.93. The Morgan fingerprint density at radius 1 is 0.875 bits per heavy atom. The highest BCUT2D eigenvalue weighted by Crippen LogP contribution is 2.28. The van der Waals surface area contributed by atoms with Crippen LogP contribution in [0.4, 0.5) is 0 Å². The van der Waals surface area contributed by atoms with E-state index in [0.29, 0.717) is 0 Å². The third kappa shape index (κ3) is 3.52. The van der Waals surface area contributed by atoms with E-state index < -0.39 is 74.0 Å². The maximum atomic E-state index is 11.0. The standard InChI is InChI=1S/C12H20O12/c13-1-2-8(5(16)6(17)11(21)22-2)23-12-7(18)3(14)4(15)9(24-12)10(19)20/h2-9,11-18,21H,1H2,(H,19,20)/t2-,3+,4+,5-,6-,7-,8-,9+,11+,12-/m1/s1. The number of hydrogen-bond donors (Lipinski definition) is 8. The molecule has 10 atom stereocenters. The molecule has 0 spiro atoms. The summed E-state index contributed by atoms with van der Waals surface area (Å²) in [6, 6.07) is 0. The van der Waals surface area contributed by atoms with E-state index in [1.54, 1.807) is 0 Å². The van der Waals surface area contributed by atoms with Crippen LogP contribution in [0.5, 0.6) is 0 Å². The largest absolute Gasteiger partial charge is 0.479 e. The summed E-state index contributed by atoms with van der Waals surface area (Å²) in [6.45, 7) is -0.748. The zero-order chi connectivity index (χ0) is 18.2. The van der Waals surface area contributed by atoms with Gasteiger partial charge in [-0.05, 0) is 0 Å². The first-order valence-corrected chi connectivity index (χ1v) is 7.07. The van der Waals surface area contributed by atoms with Crippen LogP contribution in [-0.2, 0) is 19.0 Å². The first-order valence-electron chi connectivity index (χ1n) is 7.07. The molecule has 0 radical (unpaired) electrons. The number of aliphatic hydroxyl groups excluding tert-OH is 7. The monoisotopic (exact) mass is 356 g/mol. The van der Waals surface area contributed by atoms with Gasteiger partial charge in [-0.25, -0.2) is 4.79 Å². The van der Waals surface area contributed by atoms with Gasteiger partial charge in [0.2, 0.25) is 0 Å². The maximum Gasteiger partial charge on any atom is 0.335 e. The Hall–Kier alpha value is -0.930. The Morgan fingerprint density at radius 2 is 1.50 bits per heavy atom. The van der Waals surface area contributed by atoms with Crippen molar-refractivity contribution >= 4 is 5.97 Å². The van der Waals surface area contributed by atoms with Gasteiger partial charge in [0.25, 0.3) is 0 Å². The zero-order valence-corrected chi connectivity index (χ0v) is 12.2. The Morgan fingerprint density at radius 3 is 2.04 bits per heavy atom. The molecule has 2 aliphatic heterocycles. The number of carboxylic acid groups (broad SMARTS) is 1. The quantitative estimate of drug-likeness (QED) is 0.238. The minimum absolute atomic E-state index is 0.748. The predicted molar refractivity (Wildman–Crippen MR) is 69.2 cm³/mol. The summed E-state index contributed by atoms with van der Waals surface area (Å²) in [5.74, 6) is -1.63. The summed E-state index contributed by atoms with van der Waals surface area (Å²) in [7, 11) is 0. The van der Waals surface area contributed by atoms with Gasteiger partial charge in [0, 0.05) is 0 Å². The highest BCUT2D eigenvalue weighted by molar-refractivity contribution is 5.73. The predicted octanol–water partition coefficient (Wildman–Crippen LogP) is -5.30. The van der Waals surface area contributed by atoms with Crippen molar-refractivity contribution < 1.29 is 59.9 Å². The molecule has 2 rings (SSSR count). The SMILES string of the molecule is O=C(O)[C@H]1O[C@@H](O[C@H]2[C@H](O)[C@@H](O)[C@@H](O)O[C@@H]2CO)[C@H](O)[C@@H](O)[C@@H]1O. The summed E-state index contributed by atoms with van der Waals surface area (Å²) in [5, 5.41) is 76.2. The van der Waals surface area contributed by atoms with E-state index in [0.717, 1.165) is 0 Å². The fourth-order valence-electron chi connectivity index (χ4n) is 2.55. The zero-order valence-electron chi connectivity index (χ0n) is 12.2. The van der Waals surface area contributed by atoms with Crippen molar-refractivity contribution in [2.45, 2.75) is 61.4 Å². The Kier molecular flexibility index (Phi) is 6.09. The molecule has 12 heteroatoms. The Labute approximate surface area is 135 Å². The number of ether oxygens (including phenoxy) is 3. The molecular formula is C12H20O12. The number of aliphatic hydroxyl groups is 7. The smallest absolute Gasteiger partial charge is 0.335 e. The molecule has 0 aromatic carbocycles. The molecule has 0 unspecified atom stereocenters. The second-order valence-electron chi connectivity index (χ2n) is 5.56. The molecule has 2 heterocycles. The highest BCUT2D eigenvalue weighted by Gasteiger charge is 2.51. The van der Waals surface area contributed by atoms with Gasteiger partial charge >= 0.3 is 5.97 Å². The molecular weight excluding hydrogens is 336 g/mol. The van der Waals surface area contributed by atoms with Crippen molar-refractivity contribution in [1.82, 2.24) is 0 Å². The molecule has 0 amide bonds. The minimum Gasteiger partial charge on any atom is -0.479 e. The van der Waals surface area contributed by atoms with Gasteiger partial charge in [0.1, 0.15) is 42.7 Å². The molecule has 24 heavy (non-hydrogen) atoms. The lowest BCUT2D eigenvalue weighted by Gasteiger charge is -2.44. The van der Waals surface area contributed by atoms with Crippen molar-refractivity contribution in [3.05, 3.63) is 0 Å². The second-order valence-corrected chi connectivity index (χ2v) is 5.56. The van der Waals surface area contributed by atoms with E-state index in [-0.39, 0.29) is 0 Å². The average molecular weight is 356 g/mol. The van der Waals surface area contributed by atoms with Crippen LogP contribution in [0.2, 0.25) is 0 Å². The van der Waals surface area contributed by atoms with Crippen LogP contribution in [0.1, 0.15) is 0 Å². The van der Waals surface area contributed by atoms with Crippen LogP contribution in [0.25, 0.3) is 0 Å². The number of hydrogen-bond acceptors (Lipinski definition) is 11. The lowest BCUT2D eigenvalue weighted by Crippen LogP contribution is -2.64. The molecule has 2 aliphatic rings. The first-order chi connectivity index (χ1) is 11.2. The summed E-state index contributed by atoms with van der Waals surface area (Å²) >= 11 is 0. The molecule has 0 bridgehead atoms. The normalized spacial score (nSPS) is 49.8. The van der Waals surface area contributed by atoms with Gasteiger partial charge in [0.15, 0.2) is 18.7 Å². The van der Waals surface area contributed by atoms with Crippen LogP contribution in [0.15, 0.2) is 0 Å². The summed E-state index contributed by atoms with van der Waals surface area (Å²) in [6.07, 6.45) is -17.7. The fourth-order valence-corrected chi connectivity index (χ4v) is 2.55. The third-order valence-corrected chi connectivity index (χ3v) is 3.94. The van der Waals surface area contributed by atoms with E-state index in [4.69, 9.17) is 19.3 Å². The summed E-state index contributed by atoms with van der Waals surface area (Å²) in [5.41, 5.74) is 0. The van der Waals surface area contributed by atoms with Crippen LogP contribution in [0.3, 0.4) is 0 Å². The lowest BCUT2D eigenvalue weighted by atomic mass is 9.97. The van der Waals surface area contributed by atoms with Gasteiger partial charge in [-0.1, -0.05) is 0 Å². The lowest BCUT2D eigenvalue weighted by molar-refractivity contribution is -0.351. The van der Waals surface area contributed by atoms with Gasteiger partial charge < -0.3 is 55.1 Å². The third-order valence-electron chi connectivity index (χ3n) is 3.94. The molecule has 0 aromatic rings. The molecule has 0 saturated carbocycles. The first kappa shape index (κ1) is 19.4. The Balaban J connectivity index is 2.16. The van der Waals surface area contributed by atoms with Gasteiger partial charge in [-0.3, -0.25) is 0 Å². The topological polar surface area (TPSA) is 207 Å². The van der Waals surface area contributed by atoms with Crippen LogP contribution >= 0.6 is 0 Å². The molecule has 8 N–H and O–H groups in total. The molecule has 140 valence electrons. The Bertz CT molecular complexity index is 444. The number of rotatable bonds is 4. The average Bonchev–Trinajstić information content (AvgIpc) is 2.54. The molecule has 0 aromatic heterocycles. The van der Waals surface area contributed by atoms with Crippen LogP contribution < -0.4 is 0 Å². The van der Waals surface area contributed by atoms with E-state index in [9.17, 15) is 40.5 Å². The van der Waals surface area contributed by atoms with E-state index in [2.05, 4.69) is 0 Å². The second kappa shape index (κ2) is 7.53.